The van der Waals surface area contributed by atoms with Crippen LogP contribution in [0.4, 0.5) is 5.69 Å². The molecule has 2 aromatic rings. The molecule has 1 atom stereocenters. The molecule has 0 spiro atoms. The van der Waals surface area contributed by atoms with Crippen LogP contribution in [0.25, 0.3) is 0 Å². The van der Waals surface area contributed by atoms with Crippen molar-refractivity contribution in [2.24, 2.45) is 0 Å². The first-order valence-corrected chi connectivity index (χ1v) is 8.61. The molecule has 0 saturated carbocycles. The Balaban J connectivity index is 1.70. The van der Waals surface area contributed by atoms with Crippen LogP contribution >= 0.6 is 0 Å². The van der Waals surface area contributed by atoms with Crippen LogP contribution in [-0.2, 0) is 4.79 Å². The lowest BCUT2D eigenvalue weighted by Crippen LogP contribution is -2.37. The number of anilines is 1. The van der Waals surface area contributed by atoms with E-state index in [2.05, 4.69) is 12.2 Å². The summed E-state index contributed by atoms with van der Waals surface area (Å²) in [7, 11) is 0. The zero-order chi connectivity index (χ0) is 18.1. The average molecular weight is 336 g/mol. The zero-order valence-electron chi connectivity index (χ0n) is 15.2. The van der Waals surface area contributed by atoms with E-state index in [1.165, 1.54) is 5.56 Å². The van der Waals surface area contributed by atoms with Crippen LogP contribution in [0, 0.1) is 27.7 Å². The number of carbonyl (C=O) groups is 2. The molecule has 1 heterocycles. The number of hydrogen-bond donors (Lipinski definition) is 1. The molecule has 1 aliphatic rings. The van der Waals surface area contributed by atoms with E-state index in [0.717, 1.165) is 22.4 Å². The summed E-state index contributed by atoms with van der Waals surface area (Å²) in [5, 5.41) is 3.00. The van der Waals surface area contributed by atoms with E-state index in [-0.39, 0.29) is 17.9 Å². The third-order valence-corrected chi connectivity index (χ3v) is 5.03. The summed E-state index contributed by atoms with van der Waals surface area (Å²) in [5.74, 6) is -0.0727. The van der Waals surface area contributed by atoms with E-state index in [1.807, 2.05) is 57.2 Å². The number of hydrogen-bond acceptors (Lipinski definition) is 2. The van der Waals surface area contributed by atoms with Gasteiger partial charge in [-0.25, -0.2) is 0 Å². The molecule has 1 unspecified atom stereocenters. The Labute approximate surface area is 148 Å². The fraction of sp³-hybridized carbons (Fsp3) is 0.333. The maximum Gasteiger partial charge on any atom is 0.251 e. The normalized spacial score (nSPS) is 17.0. The zero-order valence-corrected chi connectivity index (χ0v) is 15.2. The van der Waals surface area contributed by atoms with Gasteiger partial charge in [0.1, 0.15) is 0 Å². The van der Waals surface area contributed by atoms with Crippen LogP contribution in [-0.4, -0.2) is 24.4 Å². The molecule has 2 aromatic carbocycles. The molecule has 0 aliphatic carbocycles. The third-order valence-electron chi connectivity index (χ3n) is 5.03. The van der Waals surface area contributed by atoms with Crippen molar-refractivity contribution >= 4 is 17.5 Å². The number of nitrogens with zero attached hydrogens (tertiary/aromatic N) is 1. The van der Waals surface area contributed by atoms with E-state index >= 15 is 0 Å². The summed E-state index contributed by atoms with van der Waals surface area (Å²) >= 11 is 0. The summed E-state index contributed by atoms with van der Waals surface area (Å²) in [6, 6.07) is 11.5. The fourth-order valence-electron chi connectivity index (χ4n) is 3.10. The minimum absolute atomic E-state index is 0.0497. The van der Waals surface area contributed by atoms with Crippen LogP contribution in [0.1, 0.15) is 39.0 Å². The molecule has 1 aliphatic heterocycles. The van der Waals surface area contributed by atoms with Crippen molar-refractivity contribution in [2.75, 3.05) is 11.4 Å². The van der Waals surface area contributed by atoms with Gasteiger partial charge in [-0.15, -0.1) is 0 Å². The molecule has 0 radical (unpaired) electrons. The predicted molar refractivity (Wildman–Crippen MR) is 100 cm³/mol. The quantitative estimate of drug-likeness (QED) is 0.933. The minimum atomic E-state index is -0.164. The van der Waals surface area contributed by atoms with Crippen LogP contribution in [0.15, 0.2) is 36.4 Å². The van der Waals surface area contributed by atoms with Crippen molar-refractivity contribution in [1.82, 2.24) is 5.32 Å². The van der Waals surface area contributed by atoms with Gasteiger partial charge in [0, 0.05) is 24.2 Å². The fourth-order valence-corrected chi connectivity index (χ4v) is 3.10. The van der Waals surface area contributed by atoms with Gasteiger partial charge in [0.05, 0.1) is 6.04 Å². The van der Waals surface area contributed by atoms with Gasteiger partial charge in [-0.3, -0.25) is 9.59 Å². The summed E-state index contributed by atoms with van der Waals surface area (Å²) in [4.78, 5) is 26.6. The molecular formula is C21H24N2O2. The van der Waals surface area contributed by atoms with Gasteiger partial charge >= 0.3 is 0 Å². The Hall–Kier alpha value is -2.62. The molecule has 3 rings (SSSR count). The largest absolute Gasteiger partial charge is 0.347 e. The molecule has 0 bridgehead atoms. The number of amides is 2. The maximum atomic E-state index is 12.5. The lowest BCUT2D eigenvalue weighted by Gasteiger charge is -2.18. The Kier molecular flexibility index (Phi) is 4.62. The molecular weight excluding hydrogens is 312 g/mol. The molecule has 25 heavy (non-hydrogen) atoms. The highest BCUT2D eigenvalue weighted by atomic mass is 16.2. The average Bonchev–Trinajstić information content (AvgIpc) is 2.93. The monoisotopic (exact) mass is 336 g/mol. The number of nitrogens with one attached hydrogen (secondary N) is 1. The summed E-state index contributed by atoms with van der Waals surface area (Å²) < 4.78 is 0. The number of benzene rings is 2. The second-order valence-electron chi connectivity index (χ2n) is 6.95. The highest BCUT2D eigenvalue weighted by Crippen LogP contribution is 2.24. The SMILES string of the molecule is Cc1ccc(C(=O)NC2CC(=O)N(c3ccc(C)c(C)c3)C2)cc1C. The maximum absolute atomic E-state index is 12.5. The first-order valence-electron chi connectivity index (χ1n) is 8.61. The van der Waals surface area contributed by atoms with Crippen molar-refractivity contribution in [2.45, 2.75) is 40.2 Å². The van der Waals surface area contributed by atoms with Gasteiger partial charge in [0.15, 0.2) is 0 Å². The van der Waals surface area contributed by atoms with Gasteiger partial charge in [0.25, 0.3) is 5.91 Å². The van der Waals surface area contributed by atoms with E-state index in [4.69, 9.17) is 0 Å². The molecule has 130 valence electrons. The molecule has 1 fully saturated rings. The highest BCUT2D eigenvalue weighted by Gasteiger charge is 2.31. The van der Waals surface area contributed by atoms with Crippen molar-refractivity contribution in [1.29, 1.82) is 0 Å². The number of rotatable bonds is 3. The van der Waals surface area contributed by atoms with Crippen molar-refractivity contribution in [3.05, 3.63) is 64.2 Å². The molecule has 2 amide bonds. The molecule has 4 heteroatoms. The molecule has 1 saturated heterocycles. The van der Waals surface area contributed by atoms with Gasteiger partial charge in [-0.2, -0.15) is 0 Å². The summed E-state index contributed by atoms with van der Waals surface area (Å²) in [6.07, 6.45) is 0.337. The van der Waals surface area contributed by atoms with Gasteiger partial charge < -0.3 is 10.2 Å². The van der Waals surface area contributed by atoms with Gasteiger partial charge in [-0.1, -0.05) is 12.1 Å². The first kappa shape index (κ1) is 17.2. The number of aryl methyl sites for hydroxylation is 4. The number of carbonyl (C=O) groups excluding carboxylic acids is 2. The minimum Gasteiger partial charge on any atom is -0.347 e. The van der Waals surface area contributed by atoms with Crippen LogP contribution < -0.4 is 10.2 Å². The molecule has 0 aromatic heterocycles. The smallest absolute Gasteiger partial charge is 0.251 e. The lowest BCUT2D eigenvalue weighted by molar-refractivity contribution is -0.117. The van der Waals surface area contributed by atoms with Crippen molar-refractivity contribution in [3.8, 4) is 0 Å². The van der Waals surface area contributed by atoms with Crippen LogP contribution in [0.3, 0.4) is 0 Å². The summed E-state index contributed by atoms with van der Waals surface area (Å²) in [5.41, 5.74) is 6.15. The third kappa shape index (κ3) is 3.58. The predicted octanol–water partition coefficient (Wildman–Crippen LogP) is 3.46. The van der Waals surface area contributed by atoms with Gasteiger partial charge in [0.2, 0.25) is 5.91 Å². The van der Waals surface area contributed by atoms with E-state index in [0.29, 0.717) is 18.5 Å². The second kappa shape index (κ2) is 6.71. The van der Waals surface area contributed by atoms with Crippen LogP contribution in [0.5, 0.6) is 0 Å². The van der Waals surface area contributed by atoms with Crippen molar-refractivity contribution < 1.29 is 9.59 Å². The van der Waals surface area contributed by atoms with Crippen LogP contribution in [0.2, 0.25) is 0 Å². The Morgan fingerprint density at radius 1 is 0.960 bits per heavy atom. The Bertz CT molecular complexity index is 842. The van der Waals surface area contributed by atoms with Gasteiger partial charge in [-0.05, 0) is 74.2 Å². The van der Waals surface area contributed by atoms with E-state index in [9.17, 15) is 9.59 Å². The molecule has 1 N–H and O–H groups in total. The van der Waals surface area contributed by atoms with Crippen molar-refractivity contribution in [3.63, 3.8) is 0 Å². The topological polar surface area (TPSA) is 49.4 Å². The molecule has 4 nitrogen and oxygen atoms in total. The Morgan fingerprint density at radius 2 is 1.60 bits per heavy atom. The van der Waals surface area contributed by atoms with E-state index in [1.54, 1.807) is 4.90 Å². The standard InChI is InChI=1S/C21H24N2O2/c1-13-5-7-17(9-15(13)3)21(25)22-18-11-20(24)23(12-18)19-8-6-14(2)16(4)10-19/h5-10,18H,11-12H2,1-4H3,(H,22,25). The lowest BCUT2D eigenvalue weighted by atomic mass is 10.1. The Morgan fingerprint density at radius 3 is 2.24 bits per heavy atom. The second-order valence-corrected chi connectivity index (χ2v) is 6.95. The summed E-state index contributed by atoms with van der Waals surface area (Å²) in [6.45, 7) is 8.62. The first-order chi connectivity index (χ1) is 11.8. The highest BCUT2D eigenvalue weighted by molar-refractivity contribution is 5.99. The van der Waals surface area contributed by atoms with E-state index < -0.39 is 0 Å².